The molecule has 0 saturated carbocycles. The summed E-state index contributed by atoms with van der Waals surface area (Å²) in [4.78, 5) is 0. The highest BCUT2D eigenvalue weighted by Gasteiger charge is 2.00. The zero-order chi connectivity index (χ0) is 9.52. The summed E-state index contributed by atoms with van der Waals surface area (Å²) >= 11 is 0. The topological polar surface area (TPSA) is 18.5 Å². The lowest BCUT2D eigenvalue weighted by Crippen LogP contribution is -1.96. The second-order valence-electron chi connectivity index (χ2n) is 2.58. The molecule has 2 nitrogen and oxygen atoms in total. The molecule has 0 bridgehead atoms. The minimum Gasteiger partial charge on any atom is -0.490 e. The van der Waals surface area contributed by atoms with Gasteiger partial charge in [0.2, 0.25) is 0 Å². The maximum Gasteiger partial charge on any atom is 0.168 e. The first-order chi connectivity index (χ1) is 6.38. The van der Waals surface area contributed by atoms with E-state index in [1.54, 1.807) is 0 Å². The Balaban J connectivity index is 2.71. The Morgan fingerprint density at radius 2 is 2.00 bits per heavy atom. The molecule has 0 N–H and O–H groups in total. The lowest BCUT2D eigenvalue weighted by molar-refractivity contribution is 0.302. The Bertz CT molecular complexity index is 269. The molecule has 0 fully saturated rings. The zero-order valence-electron chi connectivity index (χ0n) is 7.82. The molecule has 0 aliphatic carbocycles. The van der Waals surface area contributed by atoms with Gasteiger partial charge in [0.15, 0.2) is 11.5 Å². The van der Waals surface area contributed by atoms with Gasteiger partial charge in [0.05, 0.1) is 12.9 Å². The first-order valence-electron chi connectivity index (χ1n) is 4.38. The summed E-state index contributed by atoms with van der Waals surface area (Å²) in [5, 5.41) is 0. The average Bonchev–Trinajstić information content (AvgIpc) is 2.17. The van der Waals surface area contributed by atoms with Crippen molar-refractivity contribution < 1.29 is 9.47 Å². The molecule has 1 aromatic rings. The average molecular weight is 178 g/mol. The molecule has 0 aliphatic rings. The van der Waals surface area contributed by atoms with Crippen molar-refractivity contribution >= 4 is 0 Å². The maximum atomic E-state index is 5.47. The Morgan fingerprint density at radius 1 is 1.31 bits per heavy atom. The Morgan fingerprint density at radius 3 is 2.62 bits per heavy atom. The number of hydrogen-bond acceptors (Lipinski definition) is 2. The normalized spacial score (nSPS) is 9.31. The van der Waals surface area contributed by atoms with Gasteiger partial charge in [0.1, 0.15) is 0 Å². The molecule has 0 aliphatic heterocycles. The number of ether oxygens (including phenoxy) is 2. The van der Waals surface area contributed by atoms with Crippen LogP contribution in [0.2, 0.25) is 0 Å². The third kappa shape index (κ3) is 2.82. The molecular weight excluding hydrogens is 164 g/mol. The lowest BCUT2D eigenvalue weighted by atomic mass is 10.3. The standard InChI is InChI=1S/C11H14O2/c1-3-9-13-11-8-6-5-7-10(11)12-4-2/h4-8H,2-3,9H2,1H3. The summed E-state index contributed by atoms with van der Waals surface area (Å²) in [5.41, 5.74) is 0. The predicted octanol–water partition coefficient (Wildman–Crippen LogP) is 3.00. The van der Waals surface area contributed by atoms with Crippen LogP contribution in [0.3, 0.4) is 0 Å². The van der Waals surface area contributed by atoms with E-state index in [0.717, 1.165) is 12.2 Å². The van der Waals surface area contributed by atoms with Gasteiger partial charge < -0.3 is 9.47 Å². The monoisotopic (exact) mass is 178 g/mol. The van der Waals surface area contributed by atoms with Crippen LogP contribution in [0, 0.1) is 0 Å². The number of benzene rings is 1. The van der Waals surface area contributed by atoms with E-state index in [0.29, 0.717) is 12.4 Å². The molecule has 0 saturated heterocycles. The van der Waals surface area contributed by atoms with Crippen LogP contribution in [0.1, 0.15) is 13.3 Å². The Kier molecular flexibility index (Phi) is 3.89. The van der Waals surface area contributed by atoms with E-state index < -0.39 is 0 Å². The number of para-hydroxylation sites is 2. The summed E-state index contributed by atoms with van der Waals surface area (Å²) < 4.78 is 10.6. The molecule has 2 heteroatoms. The van der Waals surface area contributed by atoms with Crippen molar-refractivity contribution in [3.8, 4) is 11.5 Å². The lowest BCUT2D eigenvalue weighted by Gasteiger charge is -2.08. The second-order valence-corrected chi connectivity index (χ2v) is 2.58. The first kappa shape index (κ1) is 9.65. The smallest absolute Gasteiger partial charge is 0.168 e. The van der Waals surface area contributed by atoms with Crippen LogP contribution < -0.4 is 9.47 Å². The Hall–Kier alpha value is -1.44. The summed E-state index contributed by atoms with van der Waals surface area (Å²) in [5.74, 6) is 1.48. The van der Waals surface area contributed by atoms with Crippen molar-refractivity contribution in [3.05, 3.63) is 37.1 Å². The molecule has 0 heterocycles. The van der Waals surface area contributed by atoms with Gasteiger partial charge in [-0.25, -0.2) is 0 Å². The van der Waals surface area contributed by atoms with Crippen LogP contribution in [0.15, 0.2) is 37.1 Å². The molecule has 0 amide bonds. The van der Waals surface area contributed by atoms with E-state index in [9.17, 15) is 0 Å². The largest absolute Gasteiger partial charge is 0.490 e. The summed E-state index contributed by atoms with van der Waals surface area (Å²) in [7, 11) is 0. The van der Waals surface area contributed by atoms with Gasteiger partial charge >= 0.3 is 0 Å². The van der Waals surface area contributed by atoms with Crippen LogP contribution in [0.25, 0.3) is 0 Å². The number of hydrogen-bond donors (Lipinski definition) is 0. The quantitative estimate of drug-likeness (QED) is 0.645. The van der Waals surface area contributed by atoms with E-state index >= 15 is 0 Å². The van der Waals surface area contributed by atoms with Crippen molar-refractivity contribution in [2.45, 2.75) is 13.3 Å². The highest BCUT2D eigenvalue weighted by molar-refractivity contribution is 5.39. The van der Waals surface area contributed by atoms with Gasteiger partial charge in [0, 0.05) is 0 Å². The van der Waals surface area contributed by atoms with Crippen LogP contribution in [-0.4, -0.2) is 6.61 Å². The molecular formula is C11H14O2. The van der Waals surface area contributed by atoms with E-state index in [1.807, 2.05) is 24.3 Å². The van der Waals surface area contributed by atoms with Crippen molar-refractivity contribution in [1.29, 1.82) is 0 Å². The molecule has 13 heavy (non-hydrogen) atoms. The van der Waals surface area contributed by atoms with E-state index in [2.05, 4.69) is 13.5 Å². The number of rotatable bonds is 5. The minimum absolute atomic E-state index is 0.706. The highest BCUT2D eigenvalue weighted by atomic mass is 16.5. The molecule has 0 aromatic heterocycles. The highest BCUT2D eigenvalue weighted by Crippen LogP contribution is 2.26. The van der Waals surface area contributed by atoms with Gasteiger partial charge in [-0.2, -0.15) is 0 Å². The van der Waals surface area contributed by atoms with Gasteiger partial charge in [-0.3, -0.25) is 0 Å². The summed E-state index contributed by atoms with van der Waals surface area (Å²) in [6, 6.07) is 7.56. The molecule has 70 valence electrons. The maximum absolute atomic E-state index is 5.47. The van der Waals surface area contributed by atoms with E-state index in [1.165, 1.54) is 6.26 Å². The van der Waals surface area contributed by atoms with Crippen LogP contribution >= 0.6 is 0 Å². The summed E-state index contributed by atoms with van der Waals surface area (Å²) in [6.07, 6.45) is 2.39. The van der Waals surface area contributed by atoms with Crippen LogP contribution in [0.5, 0.6) is 11.5 Å². The van der Waals surface area contributed by atoms with Crippen molar-refractivity contribution in [3.63, 3.8) is 0 Å². The van der Waals surface area contributed by atoms with Crippen molar-refractivity contribution in [1.82, 2.24) is 0 Å². The van der Waals surface area contributed by atoms with Crippen molar-refractivity contribution in [2.24, 2.45) is 0 Å². The summed E-state index contributed by atoms with van der Waals surface area (Å²) in [6.45, 7) is 6.27. The minimum atomic E-state index is 0.706. The molecule has 0 atom stereocenters. The van der Waals surface area contributed by atoms with Gasteiger partial charge in [-0.15, -0.1) is 0 Å². The predicted molar refractivity (Wildman–Crippen MR) is 53.1 cm³/mol. The van der Waals surface area contributed by atoms with Crippen LogP contribution in [0.4, 0.5) is 0 Å². The van der Waals surface area contributed by atoms with Gasteiger partial charge in [0.25, 0.3) is 0 Å². The van der Waals surface area contributed by atoms with Gasteiger partial charge in [-0.1, -0.05) is 25.6 Å². The first-order valence-corrected chi connectivity index (χ1v) is 4.38. The van der Waals surface area contributed by atoms with Crippen LogP contribution in [-0.2, 0) is 0 Å². The molecule has 0 spiro atoms. The Labute approximate surface area is 78.8 Å². The fraction of sp³-hybridized carbons (Fsp3) is 0.273. The third-order valence-electron chi connectivity index (χ3n) is 1.52. The second kappa shape index (κ2) is 5.25. The van der Waals surface area contributed by atoms with Crippen molar-refractivity contribution in [2.75, 3.05) is 6.61 Å². The fourth-order valence-corrected chi connectivity index (χ4v) is 0.969. The SMILES string of the molecule is C=COc1ccccc1OCCC. The van der Waals surface area contributed by atoms with E-state index in [-0.39, 0.29) is 0 Å². The molecule has 0 unspecified atom stereocenters. The molecule has 0 radical (unpaired) electrons. The zero-order valence-corrected chi connectivity index (χ0v) is 7.82. The third-order valence-corrected chi connectivity index (χ3v) is 1.52. The molecule has 1 aromatic carbocycles. The fourth-order valence-electron chi connectivity index (χ4n) is 0.969. The van der Waals surface area contributed by atoms with E-state index in [4.69, 9.17) is 9.47 Å². The van der Waals surface area contributed by atoms with Gasteiger partial charge in [-0.05, 0) is 18.6 Å². The molecule has 1 rings (SSSR count).